The van der Waals surface area contributed by atoms with Crippen molar-refractivity contribution < 1.29 is 13.2 Å². The molecule has 0 amide bonds. The van der Waals surface area contributed by atoms with Crippen LogP contribution in [0.15, 0.2) is 59.1 Å². The molecule has 130 valence electrons. The molecule has 2 aromatic carbocycles. The Labute approximate surface area is 156 Å². The van der Waals surface area contributed by atoms with E-state index in [1.165, 1.54) is 12.1 Å². The maximum absolute atomic E-state index is 12.8. The Morgan fingerprint density at radius 1 is 1.00 bits per heavy atom. The molecule has 0 spiro atoms. The summed E-state index contributed by atoms with van der Waals surface area (Å²) in [6, 6.07) is 15.6. The highest BCUT2D eigenvalue weighted by molar-refractivity contribution is 9.10. The zero-order valence-electron chi connectivity index (χ0n) is 13.2. The standard InChI is InChI=1S/C19H11BrF3N3/c20-16-4-2-1-3-13(16)17-9-14(15(10-24)18(25)26-17)11-5-7-12(8-6-11)19(21,22)23/h1-9H,(H2,25,26). The summed E-state index contributed by atoms with van der Waals surface area (Å²) in [6.45, 7) is 0. The summed E-state index contributed by atoms with van der Waals surface area (Å²) in [5.41, 5.74) is 7.46. The van der Waals surface area contributed by atoms with Crippen molar-refractivity contribution in [3.05, 3.63) is 70.2 Å². The summed E-state index contributed by atoms with van der Waals surface area (Å²) in [4.78, 5) is 4.26. The predicted molar refractivity (Wildman–Crippen MR) is 96.9 cm³/mol. The molecule has 2 N–H and O–H groups in total. The fraction of sp³-hybridized carbons (Fsp3) is 0.0526. The topological polar surface area (TPSA) is 62.7 Å². The number of rotatable bonds is 2. The molecule has 0 saturated carbocycles. The van der Waals surface area contributed by atoms with Crippen molar-refractivity contribution in [2.24, 2.45) is 0 Å². The Kier molecular flexibility index (Phi) is 4.70. The minimum absolute atomic E-state index is 0.0238. The Hall–Kier alpha value is -2.85. The molecule has 1 aromatic heterocycles. The van der Waals surface area contributed by atoms with E-state index in [1.807, 2.05) is 30.3 Å². The molecule has 1 heterocycles. The quantitative estimate of drug-likeness (QED) is 0.585. The third kappa shape index (κ3) is 3.41. The number of halogens is 4. The van der Waals surface area contributed by atoms with E-state index in [1.54, 1.807) is 6.07 Å². The van der Waals surface area contributed by atoms with Crippen LogP contribution in [-0.4, -0.2) is 4.98 Å². The normalized spacial score (nSPS) is 11.2. The van der Waals surface area contributed by atoms with Crippen molar-refractivity contribution in [1.29, 1.82) is 5.26 Å². The van der Waals surface area contributed by atoms with Crippen molar-refractivity contribution in [1.82, 2.24) is 4.98 Å². The number of nitrogen functional groups attached to an aromatic ring is 1. The Balaban J connectivity index is 2.18. The van der Waals surface area contributed by atoms with Gasteiger partial charge >= 0.3 is 6.18 Å². The maximum atomic E-state index is 12.8. The van der Waals surface area contributed by atoms with Gasteiger partial charge in [-0.2, -0.15) is 18.4 Å². The zero-order valence-corrected chi connectivity index (χ0v) is 14.8. The molecule has 0 aliphatic heterocycles. The Morgan fingerprint density at radius 2 is 1.65 bits per heavy atom. The van der Waals surface area contributed by atoms with Gasteiger partial charge in [-0.25, -0.2) is 4.98 Å². The molecular formula is C19H11BrF3N3. The number of anilines is 1. The highest BCUT2D eigenvalue weighted by Crippen LogP contribution is 2.35. The Bertz CT molecular complexity index is 1010. The summed E-state index contributed by atoms with van der Waals surface area (Å²) >= 11 is 3.43. The largest absolute Gasteiger partial charge is 0.416 e. The summed E-state index contributed by atoms with van der Waals surface area (Å²) in [5.74, 6) is 0.0238. The number of pyridine rings is 1. The lowest BCUT2D eigenvalue weighted by Crippen LogP contribution is -2.04. The zero-order chi connectivity index (χ0) is 18.9. The maximum Gasteiger partial charge on any atom is 0.416 e. The minimum atomic E-state index is -4.42. The van der Waals surface area contributed by atoms with Crippen LogP contribution >= 0.6 is 15.9 Å². The molecule has 0 saturated heterocycles. The van der Waals surface area contributed by atoms with Crippen molar-refractivity contribution in [3.8, 4) is 28.5 Å². The van der Waals surface area contributed by atoms with Gasteiger partial charge in [0, 0.05) is 15.6 Å². The van der Waals surface area contributed by atoms with Crippen molar-refractivity contribution >= 4 is 21.7 Å². The molecule has 0 fully saturated rings. The van der Waals surface area contributed by atoms with Gasteiger partial charge in [0.15, 0.2) is 0 Å². The summed E-state index contributed by atoms with van der Waals surface area (Å²) in [5, 5.41) is 9.40. The number of nitrogens with zero attached hydrogens (tertiary/aromatic N) is 2. The average Bonchev–Trinajstić information content (AvgIpc) is 2.61. The number of hydrogen-bond acceptors (Lipinski definition) is 3. The third-order valence-electron chi connectivity index (χ3n) is 3.83. The van der Waals surface area contributed by atoms with E-state index in [2.05, 4.69) is 20.9 Å². The lowest BCUT2D eigenvalue weighted by atomic mass is 9.97. The molecule has 3 nitrogen and oxygen atoms in total. The van der Waals surface area contributed by atoms with Gasteiger partial charge in [0.05, 0.1) is 11.3 Å². The van der Waals surface area contributed by atoms with Crippen LogP contribution in [0.4, 0.5) is 19.0 Å². The van der Waals surface area contributed by atoms with Gasteiger partial charge in [-0.15, -0.1) is 0 Å². The second-order valence-corrected chi connectivity index (χ2v) is 6.34. The Morgan fingerprint density at radius 3 is 2.23 bits per heavy atom. The highest BCUT2D eigenvalue weighted by atomic mass is 79.9. The van der Waals surface area contributed by atoms with Gasteiger partial charge in [0.1, 0.15) is 17.5 Å². The van der Waals surface area contributed by atoms with Crippen LogP contribution in [0, 0.1) is 11.3 Å². The number of benzene rings is 2. The van der Waals surface area contributed by atoms with E-state index in [9.17, 15) is 18.4 Å². The second-order valence-electron chi connectivity index (χ2n) is 5.48. The average molecular weight is 418 g/mol. The fourth-order valence-corrected chi connectivity index (χ4v) is 3.04. The van der Waals surface area contributed by atoms with E-state index in [-0.39, 0.29) is 11.4 Å². The van der Waals surface area contributed by atoms with Crippen LogP contribution in [-0.2, 0) is 6.18 Å². The lowest BCUT2D eigenvalue weighted by Gasteiger charge is -2.12. The molecule has 3 rings (SSSR count). The van der Waals surface area contributed by atoms with Crippen molar-refractivity contribution in [3.63, 3.8) is 0 Å². The van der Waals surface area contributed by atoms with Gasteiger partial charge in [-0.3, -0.25) is 0 Å². The molecular weight excluding hydrogens is 407 g/mol. The first-order chi connectivity index (χ1) is 12.3. The van der Waals surface area contributed by atoms with Crippen LogP contribution in [0.2, 0.25) is 0 Å². The number of aromatic nitrogens is 1. The first-order valence-corrected chi connectivity index (χ1v) is 8.23. The molecule has 7 heteroatoms. The third-order valence-corrected chi connectivity index (χ3v) is 4.52. The van der Waals surface area contributed by atoms with Crippen LogP contribution in [0.5, 0.6) is 0 Å². The fourth-order valence-electron chi connectivity index (χ4n) is 2.56. The first kappa shape index (κ1) is 18.0. The molecule has 0 aliphatic carbocycles. The number of hydrogen-bond donors (Lipinski definition) is 1. The molecule has 0 aliphatic rings. The van der Waals surface area contributed by atoms with E-state index >= 15 is 0 Å². The molecule has 0 radical (unpaired) electrons. The van der Waals surface area contributed by atoms with E-state index in [4.69, 9.17) is 5.73 Å². The number of nitriles is 1. The minimum Gasteiger partial charge on any atom is -0.383 e. The van der Waals surface area contributed by atoms with E-state index in [0.717, 1.165) is 22.2 Å². The summed E-state index contributed by atoms with van der Waals surface area (Å²) in [6.07, 6.45) is -4.42. The smallest absolute Gasteiger partial charge is 0.383 e. The molecule has 0 bridgehead atoms. The SMILES string of the molecule is N#Cc1c(-c2ccc(C(F)(F)F)cc2)cc(-c2ccccc2Br)nc1N. The molecule has 0 unspecified atom stereocenters. The van der Waals surface area contributed by atoms with Crippen LogP contribution < -0.4 is 5.73 Å². The van der Waals surface area contributed by atoms with Crippen LogP contribution in [0.1, 0.15) is 11.1 Å². The van der Waals surface area contributed by atoms with Gasteiger partial charge < -0.3 is 5.73 Å². The second kappa shape index (κ2) is 6.81. The molecule has 3 aromatic rings. The summed E-state index contributed by atoms with van der Waals surface area (Å²) in [7, 11) is 0. The number of alkyl halides is 3. The molecule has 26 heavy (non-hydrogen) atoms. The van der Waals surface area contributed by atoms with Gasteiger partial charge in [0.2, 0.25) is 0 Å². The predicted octanol–water partition coefficient (Wildman–Crippen LogP) is 5.65. The summed E-state index contributed by atoms with van der Waals surface area (Å²) < 4.78 is 39.1. The van der Waals surface area contributed by atoms with Gasteiger partial charge in [0.25, 0.3) is 0 Å². The van der Waals surface area contributed by atoms with Crippen molar-refractivity contribution in [2.45, 2.75) is 6.18 Å². The lowest BCUT2D eigenvalue weighted by molar-refractivity contribution is -0.137. The highest BCUT2D eigenvalue weighted by Gasteiger charge is 2.30. The van der Waals surface area contributed by atoms with Gasteiger partial charge in [-0.1, -0.05) is 46.3 Å². The van der Waals surface area contributed by atoms with Crippen LogP contribution in [0.25, 0.3) is 22.4 Å². The number of nitrogens with two attached hydrogens (primary N) is 1. The first-order valence-electron chi connectivity index (χ1n) is 7.44. The van der Waals surface area contributed by atoms with E-state index < -0.39 is 11.7 Å². The van der Waals surface area contributed by atoms with E-state index in [0.29, 0.717) is 16.8 Å². The van der Waals surface area contributed by atoms with Crippen molar-refractivity contribution in [2.75, 3.05) is 5.73 Å². The van der Waals surface area contributed by atoms with Gasteiger partial charge in [-0.05, 0) is 29.8 Å². The molecule has 0 atom stereocenters. The van der Waals surface area contributed by atoms with Crippen LogP contribution in [0.3, 0.4) is 0 Å². The monoisotopic (exact) mass is 417 g/mol.